The van der Waals surface area contributed by atoms with Crippen LogP contribution in [0.5, 0.6) is 0 Å². The molecule has 7 heteroatoms. The third-order valence-electron chi connectivity index (χ3n) is 3.24. The van der Waals surface area contributed by atoms with Crippen molar-refractivity contribution in [3.8, 4) is 0 Å². The summed E-state index contributed by atoms with van der Waals surface area (Å²) >= 11 is 1.03. The van der Waals surface area contributed by atoms with Crippen LogP contribution in [0.25, 0.3) is 0 Å². The summed E-state index contributed by atoms with van der Waals surface area (Å²) in [5.74, 6) is 0. The number of amides is 1. The standard InChI is InChI=1S/C15H22N2O4S/c1-14(2,3)21-13(18)17-15(4,10-20-22-17)11-7-6-8-12(9-11)16-19-5/h6-9,16H,10H2,1-5H3/p+1. The Morgan fingerprint density at radius 2 is 2.18 bits per heavy atom. The molecule has 2 rings (SSSR count). The van der Waals surface area contributed by atoms with Crippen LogP contribution < -0.4 is 5.48 Å². The molecule has 0 aromatic heterocycles. The van der Waals surface area contributed by atoms with Crippen molar-refractivity contribution in [2.75, 3.05) is 13.7 Å². The molecule has 1 aromatic carbocycles. The van der Waals surface area contributed by atoms with Crippen molar-refractivity contribution >= 4 is 24.0 Å². The van der Waals surface area contributed by atoms with E-state index in [1.54, 1.807) is 16.9 Å². The number of carbonyl (C=O) groups is 1. The van der Waals surface area contributed by atoms with E-state index in [4.69, 9.17) is 13.8 Å². The van der Waals surface area contributed by atoms with Gasteiger partial charge in [-0.05, 0) is 33.3 Å². The number of nitrogens with two attached hydrogens (primary N) is 1. The molecule has 1 aliphatic rings. The van der Waals surface area contributed by atoms with Gasteiger partial charge in [0.25, 0.3) is 0 Å². The molecule has 0 saturated carbocycles. The number of quaternary nitrogens is 1. The van der Waals surface area contributed by atoms with Crippen molar-refractivity contribution < 1.29 is 24.0 Å². The fourth-order valence-corrected chi connectivity index (χ4v) is 2.96. The first-order valence-electron chi connectivity index (χ1n) is 7.06. The second-order valence-electron chi connectivity index (χ2n) is 6.36. The number of nitrogens with zero attached hydrogens (tertiary/aromatic N) is 1. The Morgan fingerprint density at radius 3 is 2.82 bits per heavy atom. The molecule has 1 unspecified atom stereocenters. The Hall–Kier alpha value is -1.28. The number of hydrogen-bond donors (Lipinski definition) is 1. The van der Waals surface area contributed by atoms with Gasteiger partial charge in [0.15, 0.2) is 5.69 Å². The van der Waals surface area contributed by atoms with Gasteiger partial charge < -0.3 is 4.74 Å². The molecule has 0 spiro atoms. The first-order chi connectivity index (χ1) is 10.3. The molecule has 2 N–H and O–H groups in total. The summed E-state index contributed by atoms with van der Waals surface area (Å²) in [4.78, 5) is 17.5. The van der Waals surface area contributed by atoms with Gasteiger partial charge in [0.05, 0.1) is 13.7 Å². The predicted molar refractivity (Wildman–Crippen MR) is 84.0 cm³/mol. The van der Waals surface area contributed by atoms with E-state index < -0.39 is 17.2 Å². The molecule has 1 aromatic rings. The molecule has 1 fully saturated rings. The fourth-order valence-electron chi connectivity index (χ4n) is 2.15. The topological polar surface area (TPSA) is 64.6 Å². The second kappa shape index (κ2) is 6.45. The minimum Gasteiger partial charge on any atom is -0.443 e. The molecule has 1 saturated heterocycles. The first-order valence-corrected chi connectivity index (χ1v) is 7.75. The van der Waals surface area contributed by atoms with E-state index in [0.29, 0.717) is 6.61 Å². The van der Waals surface area contributed by atoms with Crippen LogP contribution in [-0.4, -0.2) is 29.7 Å². The Bertz CT molecular complexity index is 547. The van der Waals surface area contributed by atoms with Gasteiger partial charge in [-0.15, -0.1) is 0 Å². The molecule has 22 heavy (non-hydrogen) atoms. The van der Waals surface area contributed by atoms with Gasteiger partial charge in [0.1, 0.15) is 23.4 Å². The smallest absolute Gasteiger partial charge is 0.423 e. The lowest BCUT2D eigenvalue weighted by molar-refractivity contribution is -0.830. The van der Waals surface area contributed by atoms with Crippen LogP contribution in [-0.2, 0) is 19.3 Å². The van der Waals surface area contributed by atoms with E-state index in [1.807, 2.05) is 52.0 Å². The zero-order valence-electron chi connectivity index (χ0n) is 13.6. The van der Waals surface area contributed by atoms with Crippen LogP contribution >= 0.6 is 12.2 Å². The highest BCUT2D eigenvalue weighted by Gasteiger charge is 2.46. The van der Waals surface area contributed by atoms with E-state index in [-0.39, 0.29) is 0 Å². The molecule has 6 nitrogen and oxygen atoms in total. The quantitative estimate of drug-likeness (QED) is 0.400. The summed E-state index contributed by atoms with van der Waals surface area (Å²) in [6, 6.07) is 7.83. The Balaban J connectivity index is 2.27. The highest BCUT2D eigenvalue weighted by molar-refractivity contribution is 7.93. The summed E-state index contributed by atoms with van der Waals surface area (Å²) in [7, 11) is 1.61. The van der Waals surface area contributed by atoms with E-state index in [0.717, 1.165) is 23.5 Å². The fraction of sp³-hybridized carbons (Fsp3) is 0.533. The first kappa shape index (κ1) is 17.1. The zero-order chi connectivity index (χ0) is 16.4. The van der Waals surface area contributed by atoms with Crippen molar-refractivity contribution in [1.29, 1.82) is 0 Å². The molecule has 1 atom stereocenters. The monoisotopic (exact) mass is 327 g/mol. The summed E-state index contributed by atoms with van der Waals surface area (Å²) in [6.45, 7) is 7.89. The molecule has 1 amide bonds. The third kappa shape index (κ3) is 3.73. The molecule has 0 aliphatic carbocycles. The van der Waals surface area contributed by atoms with Gasteiger partial charge in [0.2, 0.25) is 0 Å². The maximum absolute atomic E-state index is 12.4. The van der Waals surface area contributed by atoms with Crippen LogP contribution in [0, 0.1) is 0 Å². The number of carbonyl (C=O) groups excluding carboxylic acids is 1. The summed E-state index contributed by atoms with van der Waals surface area (Å²) in [5, 5.41) is 0. The van der Waals surface area contributed by atoms with Crippen LogP contribution in [0.2, 0.25) is 0 Å². The predicted octanol–water partition coefficient (Wildman–Crippen LogP) is 2.49. The average molecular weight is 327 g/mol. The molecular formula is C15H23N2O4S+. The van der Waals surface area contributed by atoms with Gasteiger partial charge in [-0.3, -0.25) is 4.18 Å². The second-order valence-corrected chi connectivity index (χ2v) is 7.11. The van der Waals surface area contributed by atoms with Crippen molar-refractivity contribution in [2.24, 2.45) is 0 Å². The van der Waals surface area contributed by atoms with Crippen LogP contribution in [0.15, 0.2) is 24.3 Å². The average Bonchev–Trinajstić information content (AvgIpc) is 2.81. The maximum atomic E-state index is 12.4. The Morgan fingerprint density at radius 1 is 1.45 bits per heavy atom. The van der Waals surface area contributed by atoms with Crippen molar-refractivity contribution in [3.05, 3.63) is 29.8 Å². The molecule has 122 valence electrons. The number of rotatable bonds is 3. The Labute approximate surface area is 135 Å². The number of ether oxygens (including phenoxy) is 1. The molecule has 1 heterocycles. The number of hydrogen-bond acceptors (Lipinski definition) is 5. The van der Waals surface area contributed by atoms with Crippen molar-refractivity contribution in [2.45, 2.75) is 38.8 Å². The highest BCUT2D eigenvalue weighted by atomic mass is 32.2. The normalized spacial score (nSPS) is 22.0. The van der Waals surface area contributed by atoms with Crippen LogP contribution in [0.1, 0.15) is 33.3 Å². The van der Waals surface area contributed by atoms with Gasteiger partial charge in [-0.2, -0.15) is 5.48 Å². The lowest BCUT2D eigenvalue weighted by Gasteiger charge is -2.33. The van der Waals surface area contributed by atoms with Gasteiger partial charge in [-0.1, -0.05) is 12.1 Å². The SMILES string of the molecule is CO[NH2+]c1cccc(C2(C)COSN2C(=O)OC(C)(C)C)c1. The van der Waals surface area contributed by atoms with E-state index >= 15 is 0 Å². The van der Waals surface area contributed by atoms with Gasteiger partial charge in [-0.25, -0.2) is 13.9 Å². The van der Waals surface area contributed by atoms with E-state index in [2.05, 4.69) is 0 Å². The molecule has 1 aliphatic heterocycles. The van der Waals surface area contributed by atoms with Gasteiger partial charge in [0, 0.05) is 12.1 Å². The lowest BCUT2D eigenvalue weighted by atomic mass is 9.92. The maximum Gasteiger partial charge on any atom is 0.423 e. The van der Waals surface area contributed by atoms with Crippen LogP contribution in [0.4, 0.5) is 10.5 Å². The van der Waals surface area contributed by atoms with Crippen LogP contribution in [0.3, 0.4) is 0 Å². The highest BCUT2D eigenvalue weighted by Crippen LogP contribution is 2.42. The summed E-state index contributed by atoms with van der Waals surface area (Å²) in [5.41, 5.74) is 2.42. The molecule has 0 bridgehead atoms. The minimum absolute atomic E-state index is 0.396. The summed E-state index contributed by atoms with van der Waals surface area (Å²) in [6.07, 6.45) is -0.404. The number of benzene rings is 1. The molecule has 0 radical (unpaired) electrons. The van der Waals surface area contributed by atoms with Gasteiger partial charge >= 0.3 is 6.09 Å². The van der Waals surface area contributed by atoms with Crippen molar-refractivity contribution in [1.82, 2.24) is 4.31 Å². The van der Waals surface area contributed by atoms with E-state index in [1.165, 1.54) is 0 Å². The third-order valence-corrected chi connectivity index (χ3v) is 4.16. The lowest BCUT2D eigenvalue weighted by Crippen LogP contribution is -2.76. The minimum atomic E-state index is -0.593. The largest absolute Gasteiger partial charge is 0.443 e. The van der Waals surface area contributed by atoms with Crippen molar-refractivity contribution in [3.63, 3.8) is 0 Å². The van der Waals surface area contributed by atoms with E-state index in [9.17, 15) is 4.79 Å². The summed E-state index contributed by atoms with van der Waals surface area (Å²) < 4.78 is 12.5. The zero-order valence-corrected chi connectivity index (χ0v) is 14.4. The Kier molecular flexibility index (Phi) is 5.01. The molecular weight excluding hydrogens is 304 g/mol.